The van der Waals surface area contributed by atoms with Crippen LogP contribution < -0.4 is 5.73 Å². The number of anilines is 1. The number of hydrogen-bond donors (Lipinski definition) is 4. The second-order valence-corrected chi connectivity index (χ2v) is 6.78. The first-order chi connectivity index (χ1) is 11.6. The van der Waals surface area contributed by atoms with E-state index in [1.54, 1.807) is 16.3 Å². The van der Waals surface area contributed by atoms with Crippen molar-refractivity contribution in [2.24, 2.45) is 0 Å². The maximum atomic E-state index is 10.3. The monoisotopic (exact) mass is 355 g/mol. The van der Waals surface area contributed by atoms with Gasteiger partial charge in [0.1, 0.15) is 24.1 Å². The van der Waals surface area contributed by atoms with E-state index in [1.165, 1.54) is 12.7 Å². The molecule has 0 aliphatic carbocycles. The number of nitrogen functional groups attached to an aromatic ring is 1. The SMILES string of the molecule is Nc1ncnc2c1ncn2[C@@H]1OC(CSCCCCO)[C@@H](O)[C@H]1O. The number of thioether (sulfide) groups is 1. The summed E-state index contributed by atoms with van der Waals surface area (Å²) in [5.74, 6) is 1.68. The van der Waals surface area contributed by atoms with Gasteiger partial charge < -0.3 is 25.8 Å². The molecule has 1 aliphatic rings. The molecule has 2 aromatic heterocycles. The molecule has 0 amide bonds. The molecule has 3 rings (SSSR count). The van der Waals surface area contributed by atoms with Crippen molar-refractivity contribution in [1.82, 2.24) is 19.5 Å². The Balaban J connectivity index is 1.69. The van der Waals surface area contributed by atoms with Gasteiger partial charge in [0.2, 0.25) is 0 Å². The average molecular weight is 355 g/mol. The van der Waals surface area contributed by atoms with Crippen LogP contribution in [0.25, 0.3) is 11.2 Å². The lowest BCUT2D eigenvalue weighted by Crippen LogP contribution is -2.32. The standard InChI is InChI=1S/C14H21N5O4S/c15-12-9-13(17-6-16-12)19(7-18-9)14-11(22)10(21)8(23-14)5-24-4-2-1-3-20/h6-8,10-11,14,20-22H,1-5H2,(H2,15,16,17)/t8?,10-,11-,14-/m1/s1. The number of nitrogens with zero attached hydrogens (tertiary/aromatic N) is 4. The van der Waals surface area contributed by atoms with Gasteiger partial charge in [-0.2, -0.15) is 11.8 Å². The summed E-state index contributed by atoms with van der Waals surface area (Å²) in [7, 11) is 0. The van der Waals surface area contributed by atoms with Crippen LogP contribution in [0.1, 0.15) is 19.1 Å². The molecule has 0 aromatic carbocycles. The van der Waals surface area contributed by atoms with Gasteiger partial charge in [-0.25, -0.2) is 15.0 Å². The van der Waals surface area contributed by atoms with Crippen LogP contribution in [0.2, 0.25) is 0 Å². The quantitative estimate of drug-likeness (QED) is 0.485. The number of aliphatic hydroxyl groups excluding tert-OH is 3. The number of aliphatic hydroxyl groups is 3. The molecular formula is C14H21N5O4S. The van der Waals surface area contributed by atoms with Crippen molar-refractivity contribution in [1.29, 1.82) is 0 Å². The summed E-state index contributed by atoms with van der Waals surface area (Å²) in [6.45, 7) is 0.183. The zero-order chi connectivity index (χ0) is 17.1. The molecule has 2 aromatic rings. The van der Waals surface area contributed by atoms with Gasteiger partial charge in [0.15, 0.2) is 17.7 Å². The topological polar surface area (TPSA) is 140 Å². The van der Waals surface area contributed by atoms with Crippen LogP contribution in [0.4, 0.5) is 5.82 Å². The molecule has 1 aliphatic heterocycles. The molecule has 0 radical (unpaired) electrons. The summed E-state index contributed by atoms with van der Waals surface area (Å²) >= 11 is 1.62. The molecule has 24 heavy (non-hydrogen) atoms. The van der Waals surface area contributed by atoms with Gasteiger partial charge in [-0.1, -0.05) is 0 Å². The predicted molar refractivity (Wildman–Crippen MR) is 89.3 cm³/mol. The molecule has 0 spiro atoms. The maximum Gasteiger partial charge on any atom is 0.167 e. The van der Waals surface area contributed by atoms with Crippen LogP contribution in [-0.2, 0) is 4.74 Å². The van der Waals surface area contributed by atoms with E-state index in [0.29, 0.717) is 16.9 Å². The first-order valence-electron chi connectivity index (χ1n) is 7.76. The molecule has 1 saturated heterocycles. The number of imidazole rings is 1. The van der Waals surface area contributed by atoms with Crippen molar-refractivity contribution in [3.8, 4) is 0 Å². The third-order valence-electron chi connectivity index (χ3n) is 3.98. The highest BCUT2D eigenvalue weighted by Gasteiger charge is 2.44. The first-order valence-corrected chi connectivity index (χ1v) is 8.92. The minimum Gasteiger partial charge on any atom is -0.396 e. The Morgan fingerprint density at radius 1 is 1.21 bits per heavy atom. The molecule has 9 nitrogen and oxygen atoms in total. The fraction of sp³-hybridized carbons (Fsp3) is 0.643. The number of unbranched alkanes of at least 4 members (excludes halogenated alkanes) is 1. The van der Waals surface area contributed by atoms with Gasteiger partial charge in [-0.15, -0.1) is 0 Å². The largest absolute Gasteiger partial charge is 0.396 e. The highest BCUT2D eigenvalue weighted by Crippen LogP contribution is 2.33. The Kier molecular flexibility index (Phi) is 5.51. The van der Waals surface area contributed by atoms with Crippen LogP contribution in [0.15, 0.2) is 12.7 Å². The van der Waals surface area contributed by atoms with Crippen molar-refractivity contribution in [3.05, 3.63) is 12.7 Å². The Bertz CT molecular complexity index is 684. The van der Waals surface area contributed by atoms with Gasteiger partial charge in [0.05, 0.1) is 12.4 Å². The molecule has 0 bridgehead atoms. The van der Waals surface area contributed by atoms with Crippen LogP contribution >= 0.6 is 11.8 Å². The summed E-state index contributed by atoms with van der Waals surface area (Å²) in [5, 5.41) is 29.3. The molecule has 10 heteroatoms. The van der Waals surface area contributed by atoms with Gasteiger partial charge in [0.25, 0.3) is 0 Å². The molecule has 0 saturated carbocycles. The van der Waals surface area contributed by atoms with Gasteiger partial charge in [0, 0.05) is 12.4 Å². The minimum absolute atomic E-state index is 0.183. The molecule has 1 unspecified atom stereocenters. The Labute approximate surface area is 142 Å². The van der Waals surface area contributed by atoms with Gasteiger partial charge in [-0.05, 0) is 18.6 Å². The van der Waals surface area contributed by atoms with Crippen molar-refractivity contribution >= 4 is 28.7 Å². The number of fused-ring (bicyclic) bond motifs is 1. The molecular weight excluding hydrogens is 334 g/mol. The van der Waals surface area contributed by atoms with E-state index < -0.39 is 24.5 Å². The normalized spacial score (nSPS) is 27.1. The van der Waals surface area contributed by atoms with E-state index in [0.717, 1.165) is 18.6 Å². The number of hydrogen-bond acceptors (Lipinski definition) is 9. The summed E-state index contributed by atoms with van der Waals surface area (Å²) in [6.07, 6.45) is 1.13. The van der Waals surface area contributed by atoms with Crippen LogP contribution in [0.5, 0.6) is 0 Å². The lowest BCUT2D eigenvalue weighted by Gasteiger charge is -2.16. The molecule has 3 heterocycles. The third kappa shape index (κ3) is 3.33. The Hall–Kier alpha value is -1.46. The summed E-state index contributed by atoms with van der Waals surface area (Å²) < 4.78 is 7.40. The predicted octanol–water partition coefficient (Wildman–Crippen LogP) is -0.467. The van der Waals surface area contributed by atoms with Crippen LogP contribution in [0, 0.1) is 0 Å². The second-order valence-electron chi connectivity index (χ2n) is 5.63. The lowest BCUT2D eigenvalue weighted by molar-refractivity contribution is -0.0289. The van der Waals surface area contributed by atoms with E-state index in [9.17, 15) is 10.2 Å². The molecule has 1 fully saturated rings. The van der Waals surface area contributed by atoms with Gasteiger partial charge >= 0.3 is 0 Å². The zero-order valence-corrected chi connectivity index (χ0v) is 13.8. The smallest absolute Gasteiger partial charge is 0.167 e. The van der Waals surface area contributed by atoms with Crippen molar-refractivity contribution < 1.29 is 20.1 Å². The summed E-state index contributed by atoms with van der Waals surface area (Å²) in [4.78, 5) is 12.2. The molecule has 4 atom stereocenters. The zero-order valence-electron chi connectivity index (χ0n) is 13.0. The molecule has 5 N–H and O–H groups in total. The fourth-order valence-electron chi connectivity index (χ4n) is 2.67. The van der Waals surface area contributed by atoms with E-state index in [4.69, 9.17) is 15.6 Å². The number of aromatic nitrogens is 4. The number of rotatable bonds is 7. The first kappa shape index (κ1) is 17.4. The van der Waals surface area contributed by atoms with Crippen molar-refractivity contribution in [2.75, 3.05) is 23.8 Å². The van der Waals surface area contributed by atoms with Gasteiger partial charge in [-0.3, -0.25) is 4.57 Å². The van der Waals surface area contributed by atoms with E-state index in [2.05, 4.69) is 15.0 Å². The van der Waals surface area contributed by atoms with E-state index in [-0.39, 0.29) is 12.4 Å². The number of ether oxygens (including phenoxy) is 1. The minimum atomic E-state index is -1.08. The average Bonchev–Trinajstić information content (AvgIpc) is 3.12. The summed E-state index contributed by atoms with van der Waals surface area (Å²) in [6, 6.07) is 0. The van der Waals surface area contributed by atoms with Crippen molar-refractivity contribution in [3.63, 3.8) is 0 Å². The highest BCUT2D eigenvalue weighted by molar-refractivity contribution is 7.99. The van der Waals surface area contributed by atoms with Crippen LogP contribution in [0.3, 0.4) is 0 Å². The van der Waals surface area contributed by atoms with E-state index >= 15 is 0 Å². The Morgan fingerprint density at radius 2 is 2.04 bits per heavy atom. The van der Waals surface area contributed by atoms with E-state index in [1.807, 2.05) is 0 Å². The number of nitrogens with two attached hydrogens (primary N) is 1. The second kappa shape index (κ2) is 7.62. The maximum absolute atomic E-state index is 10.3. The summed E-state index contributed by atoms with van der Waals surface area (Å²) in [5.41, 5.74) is 6.65. The van der Waals surface area contributed by atoms with Crippen LogP contribution in [-0.4, -0.2) is 71.3 Å². The lowest BCUT2D eigenvalue weighted by atomic mass is 10.1. The molecule has 132 valence electrons. The highest BCUT2D eigenvalue weighted by atomic mass is 32.2. The Morgan fingerprint density at radius 3 is 2.83 bits per heavy atom. The van der Waals surface area contributed by atoms with Crippen molar-refractivity contribution in [2.45, 2.75) is 37.4 Å². The third-order valence-corrected chi connectivity index (χ3v) is 5.12. The fourth-order valence-corrected chi connectivity index (χ4v) is 3.75.